The van der Waals surface area contributed by atoms with Crippen molar-refractivity contribution in [1.29, 1.82) is 0 Å². The molecule has 2 aliphatic heterocycles. The van der Waals surface area contributed by atoms with Gasteiger partial charge < -0.3 is 51.6 Å². The molecule has 0 aromatic carbocycles. The largest absolute Gasteiger partial charge is 0.394 e. The molecule has 2 fully saturated rings. The summed E-state index contributed by atoms with van der Waals surface area (Å²) in [6.07, 6.45) is -8.85. The minimum atomic E-state index is -1.65. The summed E-state index contributed by atoms with van der Waals surface area (Å²) < 4.78 is 14.0. The number of imidazole rings is 2. The van der Waals surface area contributed by atoms with Crippen LogP contribution in [0.15, 0.2) is 19.0 Å². The number of fused-ring (bicyclic) bond motifs is 2. The number of aliphatic hydroxyl groups is 6. The maximum atomic E-state index is 10.8. The Kier molecular flexibility index (Phi) is 6.44. The zero-order valence-electron chi connectivity index (χ0n) is 20.4. The molecular formula is C22H24N10O8. The maximum Gasteiger partial charge on any atom is 0.190 e. The number of rotatable bonds is 4. The lowest BCUT2D eigenvalue weighted by Crippen LogP contribution is -2.38. The fraction of sp³-hybridized carbons (Fsp3) is 0.455. The highest BCUT2D eigenvalue weighted by molar-refractivity contribution is 5.82. The van der Waals surface area contributed by atoms with Crippen LogP contribution in [0, 0.1) is 11.8 Å². The van der Waals surface area contributed by atoms with Gasteiger partial charge in [0.25, 0.3) is 0 Å². The standard InChI is InChI=1S/C22H24N10O8/c23-17-10-19(27-4-25-17)31(6-29-10)21-15(38)13(36)16(40-21)7(34)1-2-9-30-11-18(24)26-5-28-20(11)32(9)22-14(37)12(35)8(3-33)39-22/h4-8,12-16,21-22,33-38H,3H2,(H2,23,25,27)(H2,24,26,28)/t7-,8-,12-,13+,14-,15-,16-,21-,22-/m1/s1. The van der Waals surface area contributed by atoms with Crippen LogP contribution in [0.1, 0.15) is 18.3 Å². The van der Waals surface area contributed by atoms with Crippen molar-refractivity contribution in [3.63, 3.8) is 0 Å². The van der Waals surface area contributed by atoms with Gasteiger partial charge in [-0.1, -0.05) is 5.92 Å². The van der Waals surface area contributed by atoms with E-state index in [9.17, 15) is 30.6 Å². The van der Waals surface area contributed by atoms with E-state index in [1.807, 2.05) is 0 Å². The van der Waals surface area contributed by atoms with Gasteiger partial charge in [-0.15, -0.1) is 0 Å². The number of hydrogen-bond donors (Lipinski definition) is 8. The second-order valence-electron chi connectivity index (χ2n) is 9.23. The topological polar surface area (TPSA) is 279 Å². The number of anilines is 2. The molecule has 0 saturated carbocycles. The molecule has 0 bridgehead atoms. The molecule has 10 N–H and O–H groups in total. The fourth-order valence-electron chi connectivity index (χ4n) is 4.80. The molecule has 0 radical (unpaired) electrons. The van der Waals surface area contributed by atoms with Gasteiger partial charge in [-0.3, -0.25) is 9.13 Å². The van der Waals surface area contributed by atoms with E-state index in [0.717, 1.165) is 6.33 Å². The molecule has 9 atom stereocenters. The first-order chi connectivity index (χ1) is 19.2. The number of nitrogens with two attached hydrogens (primary N) is 2. The lowest BCUT2D eigenvalue weighted by molar-refractivity contribution is -0.0674. The van der Waals surface area contributed by atoms with Crippen LogP contribution in [0.3, 0.4) is 0 Å². The molecular weight excluding hydrogens is 532 g/mol. The van der Waals surface area contributed by atoms with Gasteiger partial charge in [0, 0.05) is 0 Å². The van der Waals surface area contributed by atoms with Crippen LogP contribution in [0.4, 0.5) is 11.6 Å². The Morgan fingerprint density at radius 1 is 0.850 bits per heavy atom. The predicted molar refractivity (Wildman–Crippen MR) is 131 cm³/mol. The molecule has 18 heteroatoms. The van der Waals surface area contributed by atoms with Crippen molar-refractivity contribution in [1.82, 2.24) is 39.0 Å². The summed E-state index contributed by atoms with van der Waals surface area (Å²) in [7, 11) is 0. The highest BCUT2D eigenvalue weighted by atomic mass is 16.6. The third-order valence-corrected chi connectivity index (χ3v) is 6.86. The van der Waals surface area contributed by atoms with Crippen LogP contribution in [-0.2, 0) is 9.47 Å². The van der Waals surface area contributed by atoms with E-state index >= 15 is 0 Å². The molecule has 0 unspecified atom stereocenters. The number of aromatic nitrogens is 8. The molecule has 0 aliphatic carbocycles. The lowest BCUT2D eigenvalue weighted by atomic mass is 10.1. The van der Waals surface area contributed by atoms with Crippen LogP contribution < -0.4 is 11.5 Å². The van der Waals surface area contributed by atoms with Gasteiger partial charge in [0.1, 0.15) is 60.9 Å². The first-order valence-corrected chi connectivity index (χ1v) is 12.0. The average molecular weight is 556 g/mol. The van der Waals surface area contributed by atoms with Crippen molar-refractivity contribution in [2.45, 2.75) is 55.2 Å². The Morgan fingerprint density at radius 3 is 2.23 bits per heavy atom. The number of hydrogen-bond acceptors (Lipinski definition) is 16. The summed E-state index contributed by atoms with van der Waals surface area (Å²) >= 11 is 0. The highest BCUT2D eigenvalue weighted by Crippen LogP contribution is 2.35. The maximum absolute atomic E-state index is 10.8. The van der Waals surface area contributed by atoms with Crippen molar-refractivity contribution in [2.24, 2.45) is 0 Å². The van der Waals surface area contributed by atoms with E-state index in [2.05, 4.69) is 41.7 Å². The Bertz CT molecular complexity index is 1630. The van der Waals surface area contributed by atoms with E-state index < -0.39 is 61.8 Å². The first-order valence-electron chi connectivity index (χ1n) is 12.0. The molecule has 210 valence electrons. The number of nitrogen functional groups attached to an aromatic ring is 2. The summed E-state index contributed by atoms with van der Waals surface area (Å²) in [6, 6.07) is 0. The predicted octanol–water partition coefficient (Wildman–Crippen LogP) is -4.23. The van der Waals surface area contributed by atoms with Gasteiger partial charge in [-0.05, 0) is 5.92 Å². The third kappa shape index (κ3) is 4.00. The number of aliphatic hydroxyl groups excluding tert-OH is 6. The van der Waals surface area contributed by atoms with Crippen molar-refractivity contribution in [3.05, 3.63) is 24.8 Å². The van der Waals surface area contributed by atoms with Gasteiger partial charge in [0.05, 0.1) is 12.9 Å². The Balaban J connectivity index is 1.32. The van der Waals surface area contributed by atoms with Crippen LogP contribution in [-0.4, -0.2) is 119 Å². The van der Waals surface area contributed by atoms with Crippen LogP contribution in [0.25, 0.3) is 22.3 Å². The van der Waals surface area contributed by atoms with E-state index in [0.29, 0.717) is 0 Å². The molecule has 4 aromatic rings. The highest BCUT2D eigenvalue weighted by Gasteiger charge is 2.48. The molecule has 6 heterocycles. The summed E-state index contributed by atoms with van der Waals surface area (Å²) in [5.74, 6) is 5.18. The summed E-state index contributed by atoms with van der Waals surface area (Å²) in [4.78, 5) is 24.4. The molecule has 0 amide bonds. The van der Waals surface area contributed by atoms with E-state index in [1.54, 1.807) is 0 Å². The zero-order chi connectivity index (χ0) is 28.3. The van der Waals surface area contributed by atoms with Crippen molar-refractivity contribution in [3.8, 4) is 11.8 Å². The Hall–Kier alpha value is -4.06. The second-order valence-corrected chi connectivity index (χ2v) is 9.23. The summed E-state index contributed by atoms with van der Waals surface area (Å²) in [6.45, 7) is -0.566. The monoisotopic (exact) mass is 556 g/mol. The van der Waals surface area contributed by atoms with Gasteiger partial charge in [0.2, 0.25) is 0 Å². The zero-order valence-corrected chi connectivity index (χ0v) is 20.4. The molecule has 40 heavy (non-hydrogen) atoms. The quantitative estimate of drug-likeness (QED) is 0.111. The minimum absolute atomic E-state index is 0.00314. The Morgan fingerprint density at radius 2 is 1.52 bits per heavy atom. The number of ether oxygens (including phenoxy) is 2. The fourth-order valence-corrected chi connectivity index (χ4v) is 4.80. The van der Waals surface area contributed by atoms with Gasteiger partial charge in [0.15, 0.2) is 46.7 Å². The second kappa shape index (κ2) is 9.84. The van der Waals surface area contributed by atoms with Crippen molar-refractivity contribution >= 4 is 34.0 Å². The van der Waals surface area contributed by atoms with Crippen molar-refractivity contribution in [2.75, 3.05) is 18.1 Å². The molecule has 6 rings (SSSR count). The van der Waals surface area contributed by atoms with E-state index in [-0.39, 0.29) is 39.8 Å². The smallest absolute Gasteiger partial charge is 0.190 e. The lowest BCUT2D eigenvalue weighted by Gasteiger charge is -2.18. The SMILES string of the molecule is Nc1ncnc2c1ncn2[C@@H]1O[C@H]([C@H](O)C#Cc2nc3c(N)ncnc3n2[C@@H]2O[C@H](CO)[C@@H](O)[C@H]2O)[C@@H](O)[C@H]1O. The molecule has 2 aliphatic rings. The molecule has 4 aromatic heterocycles. The third-order valence-electron chi connectivity index (χ3n) is 6.86. The number of nitrogens with zero attached hydrogens (tertiary/aromatic N) is 8. The van der Waals surface area contributed by atoms with Crippen molar-refractivity contribution < 1.29 is 40.1 Å². The summed E-state index contributed by atoms with van der Waals surface area (Å²) in [5, 5.41) is 62.5. The van der Waals surface area contributed by atoms with Gasteiger partial charge in [-0.2, -0.15) is 0 Å². The molecule has 2 saturated heterocycles. The molecule has 18 nitrogen and oxygen atoms in total. The molecule has 0 spiro atoms. The normalized spacial score (nSPS) is 31.1. The van der Waals surface area contributed by atoms with Crippen LogP contribution >= 0.6 is 0 Å². The van der Waals surface area contributed by atoms with E-state index in [1.165, 1.54) is 21.8 Å². The van der Waals surface area contributed by atoms with Gasteiger partial charge >= 0.3 is 0 Å². The summed E-state index contributed by atoms with van der Waals surface area (Å²) in [5.41, 5.74) is 12.5. The first kappa shape index (κ1) is 26.2. The van der Waals surface area contributed by atoms with Gasteiger partial charge in [-0.25, -0.2) is 29.9 Å². The average Bonchev–Trinajstić information content (AvgIpc) is 3.68. The Labute approximate surface area is 223 Å². The minimum Gasteiger partial charge on any atom is -0.394 e. The van der Waals surface area contributed by atoms with E-state index in [4.69, 9.17) is 20.9 Å². The van der Waals surface area contributed by atoms with Crippen LogP contribution in [0.5, 0.6) is 0 Å². The van der Waals surface area contributed by atoms with Crippen LogP contribution in [0.2, 0.25) is 0 Å².